The first-order chi connectivity index (χ1) is 16.7. The van der Waals surface area contributed by atoms with Gasteiger partial charge in [0.2, 0.25) is 11.7 Å². The van der Waals surface area contributed by atoms with Gasteiger partial charge in [-0.2, -0.15) is 17.6 Å². The summed E-state index contributed by atoms with van der Waals surface area (Å²) in [7, 11) is 1.58. The summed E-state index contributed by atoms with van der Waals surface area (Å²) < 4.78 is 59.6. The number of nitrogens with zero attached hydrogens (tertiary/aromatic N) is 2. The summed E-state index contributed by atoms with van der Waals surface area (Å²) in [4.78, 5) is 20.1. The Morgan fingerprint density at radius 2 is 1.80 bits per heavy atom. The predicted octanol–water partition coefficient (Wildman–Crippen LogP) is 4.54. The van der Waals surface area contributed by atoms with Crippen LogP contribution in [-0.2, 0) is 15.7 Å². The van der Waals surface area contributed by atoms with Crippen LogP contribution >= 0.6 is 0 Å². The number of ether oxygens (including phenoxy) is 1. The van der Waals surface area contributed by atoms with Crippen molar-refractivity contribution in [2.24, 2.45) is 11.3 Å². The van der Waals surface area contributed by atoms with E-state index in [1.807, 2.05) is 0 Å². The second-order valence-electron chi connectivity index (χ2n) is 9.28. The van der Waals surface area contributed by atoms with Crippen molar-refractivity contribution in [3.63, 3.8) is 0 Å². The number of benzene rings is 1. The molecule has 11 heteroatoms. The zero-order valence-corrected chi connectivity index (χ0v) is 19.4. The SMILES string of the molecule is CNC(=O)CC1(CNc2ncnc(NC(c3ccc(C(F)(F)F)cc3)C3CC3)c2F)CCOCC1. The summed E-state index contributed by atoms with van der Waals surface area (Å²) >= 11 is 0. The number of hydrogen-bond donors (Lipinski definition) is 3. The largest absolute Gasteiger partial charge is 0.416 e. The Kier molecular flexibility index (Phi) is 7.44. The second kappa shape index (κ2) is 10.3. The van der Waals surface area contributed by atoms with Crippen LogP contribution in [0.15, 0.2) is 30.6 Å². The molecule has 2 aliphatic rings. The normalized spacial score (nSPS) is 18.5. The van der Waals surface area contributed by atoms with E-state index in [-0.39, 0.29) is 41.3 Å². The quantitative estimate of drug-likeness (QED) is 0.443. The molecule has 1 unspecified atom stereocenters. The minimum Gasteiger partial charge on any atom is -0.381 e. The molecule has 1 aromatic carbocycles. The lowest BCUT2D eigenvalue weighted by Gasteiger charge is -2.37. The van der Waals surface area contributed by atoms with Gasteiger partial charge in [0.15, 0.2) is 11.6 Å². The Balaban J connectivity index is 1.49. The lowest BCUT2D eigenvalue weighted by Crippen LogP contribution is -2.40. The van der Waals surface area contributed by atoms with Crippen molar-refractivity contribution in [3.8, 4) is 0 Å². The van der Waals surface area contributed by atoms with Crippen LogP contribution in [0.25, 0.3) is 0 Å². The van der Waals surface area contributed by atoms with Crippen molar-refractivity contribution in [1.29, 1.82) is 0 Å². The van der Waals surface area contributed by atoms with Gasteiger partial charge in [0.25, 0.3) is 0 Å². The van der Waals surface area contributed by atoms with Crippen molar-refractivity contribution in [1.82, 2.24) is 15.3 Å². The van der Waals surface area contributed by atoms with Crippen molar-refractivity contribution in [2.75, 3.05) is 37.4 Å². The summed E-state index contributed by atoms with van der Waals surface area (Å²) in [6, 6.07) is 4.55. The van der Waals surface area contributed by atoms with Crippen LogP contribution in [0.3, 0.4) is 0 Å². The van der Waals surface area contributed by atoms with Crippen LogP contribution in [0.1, 0.15) is 49.3 Å². The number of nitrogens with one attached hydrogen (secondary N) is 3. The topological polar surface area (TPSA) is 88.2 Å². The van der Waals surface area contributed by atoms with Gasteiger partial charge in [0, 0.05) is 38.6 Å². The fourth-order valence-electron chi connectivity index (χ4n) is 4.44. The van der Waals surface area contributed by atoms with E-state index in [1.165, 1.54) is 18.5 Å². The van der Waals surface area contributed by atoms with Crippen LogP contribution in [-0.4, -0.2) is 42.7 Å². The third kappa shape index (κ3) is 6.19. The predicted molar refractivity (Wildman–Crippen MR) is 122 cm³/mol. The molecule has 2 fully saturated rings. The summed E-state index contributed by atoms with van der Waals surface area (Å²) in [6.07, 6.45) is 0.197. The highest BCUT2D eigenvalue weighted by molar-refractivity contribution is 5.76. The highest BCUT2D eigenvalue weighted by Gasteiger charge is 2.36. The summed E-state index contributed by atoms with van der Waals surface area (Å²) in [6.45, 7) is 1.38. The first-order valence-corrected chi connectivity index (χ1v) is 11.7. The van der Waals surface area contributed by atoms with E-state index in [1.54, 1.807) is 7.05 Å². The van der Waals surface area contributed by atoms with E-state index < -0.39 is 17.6 Å². The molecule has 1 saturated heterocycles. The maximum atomic E-state index is 15.4. The highest BCUT2D eigenvalue weighted by Crippen LogP contribution is 2.44. The van der Waals surface area contributed by atoms with Gasteiger partial charge in [0.1, 0.15) is 6.33 Å². The first-order valence-electron chi connectivity index (χ1n) is 11.7. The molecule has 35 heavy (non-hydrogen) atoms. The standard InChI is InChI=1S/C24H29F4N5O2/c1-29-18(34)12-23(8-10-35-11-9-23)13-30-21-19(25)22(32-14-31-21)33-20(15-2-3-15)16-4-6-17(7-5-16)24(26,27)28/h4-7,14-15,20H,2-3,8-13H2,1H3,(H,29,34)(H2,30,31,32,33). The van der Waals surface area contributed by atoms with Gasteiger partial charge in [-0.05, 0) is 49.3 Å². The highest BCUT2D eigenvalue weighted by atomic mass is 19.4. The van der Waals surface area contributed by atoms with Crippen molar-refractivity contribution in [3.05, 3.63) is 47.5 Å². The van der Waals surface area contributed by atoms with E-state index in [9.17, 15) is 18.0 Å². The minimum atomic E-state index is -4.42. The summed E-state index contributed by atoms with van der Waals surface area (Å²) in [5.41, 5.74) is -0.478. The number of carbonyl (C=O) groups excluding carboxylic acids is 1. The van der Waals surface area contributed by atoms with Crippen molar-refractivity contribution >= 4 is 17.5 Å². The zero-order chi connectivity index (χ0) is 25.1. The third-order valence-electron chi connectivity index (χ3n) is 6.77. The van der Waals surface area contributed by atoms with Crippen LogP contribution < -0.4 is 16.0 Å². The van der Waals surface area contributed by atoms with Gasteiger partial charge in [-0.25, -0.2) is 9.97 Å². The number of rotatable bonds is 9. The monoisotopic (exact) mass is 495 g/mol. The van der Waals surface area contributed by atoms with E-state index in [0.29, 0.717) is 38.2 Å². The van der Waals surface area contributed by atoms with Crippen LogP contribution in [0.4, 0.5) is 29.2 Å². The number of hydrogen-bond acceptors (Lipinski definition) is 6. The van der Waals surface area contributed by atoms with Crippen LogP contribution in [0.5, 0.6) is 0 Å². The van der Waals surface area contributed by atoms with Crippen LogP contribution in [0.2, 0.25) is 0 Å². The Hall–Kier alpha value is -2.95. The van der Waals surface area contributed by atoms with E-state index in [0.717, 1.165) is 25.0 Å². The molecule has 2 heterocycles. The number of alkyl halides is 3. The maximum absolute atomic E-state index is 15.4. The van der Waals surface area contributed by atoms with Gasteiger partial charge >= 0.3 is 6.18 Å². The average molecular weight is 496 g/mol. The molecule has 4 rings (SSSR count). The van der Waals surface area contributed by atoms with E-state index in [2.05, 4.69) is 25.9 Å². The van der Waals surface area contributed by atoms with Gasteiger partial charge in [0.05, 0.1) is 11.6 Å². The maximum Gasteiger partial charge on any atom is 0.416 e. The molecule has 1 atom stereocenters. The summed E-state index contributed by atoms with van der Waals surface area (Å²) in [5, 5.41) is 8.77. The fraction of sp³-hybridized carbons (Fsp3) is 0.542. The molecule has 0 radical (unpaired) electrons. The molecule has 7 nitrogen and oxygen atoms in total. The van der Waals surface area contributed by atoms with Gasteiger partial charge < -0.3 is 20.7 Å². The molecule has 190 valence electrons. The Morgan fingerprint density at radius 1 is 1.14 bits per heavy atom. The zero-order valence-electron chi connectivity index (χ0n) is 19.4. The minimum absolute atomic E-state index is 0.00670. The molecule has 3 N–H and O–H groups in total. The van der Waals surface area contributed by atoms with Crippen LogP contribution in [0, 0.1) is 17.2 Å². The molecular weight excluding hydrogens is 466 g/mol. The second-order valence-corrected chi connectivity index (χ2v) is 9.28. The van der Waals surface area contributed by atoms with E-state index >= 15 is 4.39 Å². The number of aromatic nitrogens is 2. The molecule has 1 saturated carbocycles. The average Bonchev–Trinajstić information content (AvgIpc) is 3.68. The smallest absolute Gasteiger partial charge is 0.381 e. The van der Waals surface area contributed by atoms with Gasteiger partial charge in [-0.3, -0.25) is 4.79 Å². The molecule has 2 aromatic rings. The fourth-order valence-corrected chi connectivity index (χ4v) is 4.44. The number of halogens is 4. The van der Waals surface area contributed by atoms with Crippen molar-refractivity contribution in [2.45, 2.75) is 44.3 Å². The lowest BCUT2D eigenvalue weighted by atomic mass is 9.77. The number of amides is 1. The first kappa shape index (κ1) is 25.2. The number of carbonyl (C=O) groups is 1. The molecule has 1 aromatic heterocycles. The Bertz CT molecular complexity index is 1020. The van der Waals surface area contributed by atoms with E-state index in [4.69, 9.17) is 4.74 Å². The Labute approximate surface area is 201 Å². The van der Waals surface area contributed by atoms with Gasteiger partial charge in [-0.1, -0.05) is 12.1 Å². The Morgan fingerprint density at radius 3 is 2.40 bits per heavy atom. The molecule has 1 aliphatic carbocycles. The van der Waals surface area contributed by atoms with Crippen molar-refractivity contribution < 1.29 is 27.1 Å². The molecule has 1 aliphatic heterocycles. The molecule has 0 spiro atoms. The third-order valence-corrected chi connectivity index (χ3v) is 6.77. The lowest BCUT2D eigenvalue weighted by molar-refractivity contribution is -0.137. The molecule has 0 bridgehead atoms. The number of anilines is 2. The molecule has 1 amide bonds. The molecular formula is C24H29F4N5O2. The van der Waals surface area contributed by atoms with Gasteiger partial charge in [-0.15, -0.1) is 0 Å². The summed E-state index contributed by atoms with van der Waals surface area (Å²) in [5.74, 6) is -0.607.